The third-order valence-corrected chi connectivity index (χ3v) is 5.83. The molecule has 1 aromatic heterocycles. The molecule has 1 heterocycles. The first-order valence-corrected chi connectivity index (χ1v) is 9.17. The molecule has 0 amide bonds. The van der Waals surface area contributed by atoms with Crippen molar-refractivity contribution >= 4 is 15.7 Å². The highest BCUT2D eigenvalue weighted by molar-refractivity contribution is 7.89. The predicted molar refractivity (Wildman–Crippen MR) is 93.0 cm³/mol. The van der Waals surface area contributed by atoms with E-state index in [-0.39, 0.29) is 22.7 Å². The molecule has 0 radical (unpaired) electrons. The topological polar surface area (TPSA) is 103 Å². The Morgan fingerprint density at radius 1 is 1.08 bits per heavy atom. The van der Waals surface area contributed by atoms with Crippen LogP contribution in [0.4, 0.5) is 5.69 Å². The van der Waals surface area contributed by atoms with Crippen molar-refractivity contribution < 1.29 is 13.3 Å². The number of aromatic nitrogens is 1. The Kier molecular flexibility index (Phi) is 5.70. The Balaban J connectivity index is 2.36. The standard InChI is InChI=1S/C16H19N3O5S/c1-3-18(4-2)25(23,24)15-9-10-16(20)17(12-15)11-13-5-7-14(8-6-13)19(21)22/h5-10,12H,3-4,11H2,1-2H3. The molecule has 1 aromatic carbocycles. The maximum atomic E-state index is 12.6. The monoisotopic (exact) mass is 365 g/mol. The number of nitro benzene ring substituents is 1. The SMILES string of the molecule is CCN(CC)S(=O)(=O)c1ccc(=O)n(Cc2ccc([N+](=O)[O-])cc2)c1. The number of hydrogen-bond donors (Lipinski definition) is 0. The molecule has 134 valence electrons. The lowest BCUT2D eigenvalue weighted by Crippen LogP contribution is -2.32. The van der Waals surface area contributed by atoms with E-state index in [1.807, 2.05) is 0 Å². The maximum absolute atomic E-state index is 12.6. The number of hydrogen-bond acceptors (Lipinski definition) is 5. The Morgan fingerprint density at radius 3 is 2.20 bits per heavy atom. The first-order chi connectivity index (χ1) is 11.8. The van der Waals surface area contributed by atoms with E-state index in [4.69, 9.17) is 0 Å². The van der Waals surface area contributed by atoms with Crippen LogP contribution in [0.2, 0.25) is 0 Å². The minimum absolute atomic E-state index is 0.0395. The molecule has 0 fully saturated rings. The second-order valence-corrected chi connectivity index (χ2v) is 7.28. The molecular weight excluding hydrogens is 346 g/mol. The maximum Gasteiger partial charge on any atom is 0.269 e. The minimum atomic E-state index is -3.67. The van der Waals surface area contributed by atoms with Gasteiger partial charge in [-0.3, -0.25) is 14.9 Å². The molecule has 0 spiro atoms. The van der Waals surface area contributed by atoms with Gasteiger partial charge in [-0.25, -0.2) is 8.42 Å². The van der Waals surface area contributed by atoms with Gasteiger partial charge in [0.1, 0.15) is 0 Å². The molecule has 0 atom stereocenters. The molecule has 8 nitrogen and oxygen atoms in total. The number of non-ortho nitro benzene ring substituents is 1. The minimum Gasteiger partial charge on any atom is -0.310 e. The summed E-state index contributed by atoms with van der Waals surface area (Å²) >= 11 is 0. The highest BCUT2D eigenvalue weighted by Gasteiger charge is 2.22. The summed E-state index contributed by atoms with van der Waals surface area (Å²) in [6, 6.07) is 8.27. The lowest BCUT2D eigenvalue weighted by atomic mass is 10.2. The van der Waals surface area contributed by atoms with E-state index in [1.165, 1.54) is 51.5 Å². The van der Waals surface area contributed by atoms with Crippen LogP contribution < -0.4 is 5.56 Å². The molecule has 0 saturated heterocycles. The van der Waals surface area contributed by atoms with E-state index in [9.17, 15) is 23.3 Å². The number of nitrogens with zero attached hydrogens (tertiary/aromatic N) is 3. The van der Waals surface area contributed by atoms with Crippen LogP contribution >= 0.6 is 0 Å². The lowest BCUT2D eigenvalue weighted by molar-refractivity contribution is -0.384. The molecule has 25 heavy (non-hydrogen) atoms. The van der Waals surface area contributed by atoms with E-state index in [0.717, 1.165) is 0 Å². The Hall–Kier alpha value is -2.52. The molecule has 0 N–H and O–H groups in total. The van der Waals surface area contributed by atoms with Crippen LogP contribution in [0.1, 0.15) is 19.4 Å². The summed E-state index contributed by atoms with van der Waals surface area (Å²) in [5, 5.41) is 10.7. The van der Waals surface area contributed by atoms with Crippen molar-refractivity contribution in [1.82, 2.24) is 8.87 Å². The first-order valence-electron chi connectivity index (χ1n) is 7.73. The van der Waals surface area contributed by atoms with E-state index in [1.54, 1.807) is 13.8 Å². The average Bonchev–Trinajstić information content (AvgIpc) is 2.58. The zero-order chi connectivity index (χ0) is 18.6. The zero-order valence-electron chi connectivity index (χ0n) is 14.0. The van der Waals surface area contributed by atoms with Crippen LogP contribution in [0.3, 0.4) is 0 Å². The molecule has 9 heteroatoms. The van der Waals surface area contributed by atoms with Crippen molar-refractivity contribution in [2.75, 3.05) is 13.1 Å². The summed E-state index contributed by atoms with van der Waals surface area (Å²) in [5.74, 6) is 0. The number of rotatable bonds is 7. The fourth-order valence-corrected chi connectivity index (χ4v) is 3.90. The van der Waals surface area contributed by atoms with Gasteiger partial charge in [0, 0.05) is 37.5 Å². The Morgan fingerprint density at radius 2 is 1.68 bits per heavy atom. The van der Waals surface area contributed by atoms with Crippen LogP contribution in [-0.2, 0) is 16.6 Å². The van der Waals surface area contributed by atoms with Crippen LogP contribution in [0.5, 0.6) is 0 Å². The van der Waals surface area contributed by atoms with Crippen molar-refractivity contribution in [2.24, 2.45) is 0 Å². The van der Waals surface area contributed by atoms with Gasteiger partial charge < -0.3 is 4.57 Å². The molecule has 0 bridgehead atoms. The van der Waals surface area contributed by atoms with E-state index in [2.05, 4.69) is 0 Å². The fourth-order valence-electron chi connectivity index (χ4n) is 2.42. The van der Waals surface area contributed by atoms with Gasteiger partial charge in [-0.15, -0.1) is 0 Å². The molecule has 0 saturated carbocycles. The van der Waals surface area contributed by atoms with Crippen LogP contribution in [0.15, 0.2) is 52.3 Å². The van der Waals surface area contributed by atoms with Crippen molar-refractivity contribution in [1.29, 1.82) is 0 Å². The number of benzene rings is 1. The summed E-state index contributed by atoms with van der Waals surface area (Å²) in [5.41, 5.74) is 0.260. The Labute approximate surface area is 145 Å². The number of sulfonamides is 1. The predicted octanol–water partition coefficient (Wildman–Crippen LogP) is 1.84. The second-order valence-electron chi connectivity index (χ2n) is 5.34. The summed E-state index contributed by atoms with van der Waals surface area (Å²) in [7, 11) is -3.67. The van der Waals surface area contributed by atoms with Gasteiger partial charge in [-0.1, -0.05) is 26.0 Å². The van der Waals surface area contributed by atoms with Gasteiger partial charge >= 0.3 is 0 Å². The largest absolute Gasteiger partial charge is 0.310 e. The quantitative estimate of drug-likeness (QED) is 0.550. The van der Waals surface area contributed by atoms with Gasteiger partial charge in [-0.05, 0) is 11.6 Å². The van der Waals surface area contributed by atoms with Crippen molar-refractivity contribution in [2.45, 2.75) is 25.3 Å². The summed E-state index contributed by atoms with van der Waals surface area (Å²) in [6.07, 6.45) is 1.30. The number of pyridine rings is 1. The van der Waals surface area contributed by atoms with Gasteiger partial charge in [0.2, 0.25) is 10.0 Å². The van der Waals surface area contributed by atoms with Crippen molar-refractivity contribution in [3.8, 4) is 0 Å². The zero-order valence-corrected chi connectivity index (χ0v) is 14.8. The van der Waals surface area contributed by atoms with Gasteiger partial charge in [0.05, 0.1) is 16.4 Å². The van der Waals surface area contributed by atoms with Gasteiger partial charge in [0.25, 0.3) is 11.2 Å². The molecule has 0 aliphatic carbocycles. The molecular formula is C16H19N3O5S. The van der Waals surface area contributed by atoms with Crippen molar-refractivity contribution in [3.63, 3.8) is 0 Å². The van der Waals surface area contributed by atoms with Crippen LogP contribution in [0, 0.1) is 10.1 Å². The molecule has 0 unspecified atom stereocenters. The average molecular weight is 365 g/mol. The molecule has 0 aliphatic heterocycles. The van der Waals surface area contributed by atoms with Crippen molar-refractivity contribution in [3.05, 3.63) is 68.6 Å². The smallest absolute Gasteiger partial charge is 0.269 e. The van der Waals surface area contributed by atoms with Gasteiger partial charge in [0.15, 0.2) is 0 Å². The Bertz CT molecular complexity index is 916. The van der Waals surface area contributed by atoms with E-state index >= 15 is 0 Å². The third kappa shape index (κ3) is 4.12. The third-order valence-electron chi connectivity index (χ3n) is 3.80. The normalized spacial score (nSPS) is 11.6. The number of nitro groups is 1. The van der Waals surface area contributed by atoms with Crippen LogP contribution in [0.25, 0.3) is 0 Å². The highest BCUT2D eigenvalue weighted by atomic mass is 32.2. The summed E-state index contributed by atoms with van der Waals surface area (Å²) < 4.78 is 27.7. The first kappa shape index (κ1) is 18.8. The van der Waals surface area contributed by atoms with Crippen LogP contribution in [-0.4, -0.2) is 35.3 Å². The highest BCUT2D eigenvalue weighted by Crippen LogP contribution is 2.15. The molecule has 2 rings (SSSR count). The summed E-state index contributed by atoms with van der Waals surface area (Å²) in [4.78, 5) is 22.2. The summed E-state index contributed by atoms with van der Waals surface area (Å²) in [6.45, 7) is 4.28. The fraction of sp³-hybridized carbons (Fsp3) is 0.312. The van der Waals surface area contributed by atoms with E-state index in [0.29, 0.717) is 18.7 Å². The molecule has 2 aromatic rings. The van der Waals surface area contributed by atoms with E-state index < -0.39 is 14.9 Å². The second kappa shape index (κ2) is 7.58. The molecule has 0 aliphatic rings. The lowest BCUT2D eigenvalue weighted by Gasteiger charge is -2.19. The van der Waals surface area contributed by atoms with Gasteiger partial charge in [-0.2, -0.15) is 4.31 Å².